The molecule has 0 aliphatic heterocycles. The van der Waals surface area contributed by atoms with Crippen molar-refractivity contribution in [3.63, 3.8) is 0 Å². The van der Waals surface area contributed by atoms with Crippen LogP contribution < -0.4 is 10.4 Å². The molecule has 2 rings (SSSR count). The Morgan fingerprint density at radius 2 is 2.07 bits per heavy atom. The number of hydrogen-bond acceptors (Lipinski definition) is 3. The summed E-state index contributed by atoms with van der Waals surface area (Å²) in [6.07, 6.45) is 1.43. The molecule has 5 heteroatoms. The molecule has 0 aliphatic carbocycles. The van der Waals surface area contributed by atoms with Crippen molar-refractivity contribution in [2.45, 2.75) is 0 Å². The van der Waals surface area contributed by atoms with Gasteiger partial charge in [-0.15, -0.1) is 0 Å². The fourth-order valence-corrected chi connectivity index (χ4v) is 1.17. The van der Waals surface area contributed by atoms with Gasteiger partial charge in [-0.1, -0.05) is 0 Å². The smallest absolute Gasteiger partial charge is 0.347 e. The van der Waals surface area contributed by atoms with Crippen LogP contribution in [-0.4, -0.2) is 21.9 Å². The van der Waals surface area contributed by atoms with E-state index in [4.69, 9.17) is 4.74 Å². The Labute approximate surface area is 80.0 Å². The second kappa shape index (κ2) is 3.37. The highest BCUT2D eigenvalue weighted by Gasteiger charge is 1.99. The van der Waals surface area contributed by atoms with Crippen LogP contribution in [-0.2, 0) is 0 Å². The molecular formula is C9H9N3O2. The Hall–Kier alpha value is -2.04. The number of ether oxygens (including phenoxy) is 1. The van der Waals surface area contributed by atoms with Gasteiger partial charge in [0.25, 0.3) is 0 Å². The maximum atomic E-state index is 11.2. The van der Waals surface area contributed by atoms with E-state index in [1.807, 2.05) is 0 Å². The SMILES string of the molecule is COc1ccc(-n2cn[nH]c2=O)cc1. The van der Waals surface area contributed by atoms with Crippen LogP contribution in [0.25, 0.3) is 5.69 Å². The molecule has 14 heavy (non-hydrogen) atoms. The van der Waals surface area contributed by atoms with E-state index in [2.05, 4.69) is 10.2 Å². The highest BCUT2D eigenvalue weighted by atomic mass is 16.5. The summed E-state index contributed by atoms with van der Waals surface area (Å²) in [5, 5.41) is 5.96. The molecule has 1 heterocycles. The summed E-state index contributed by atoms with van der Waals surface area (Å²) in [5.41, 5.74) is 0.500. The molecule has 72 valence electrons. The molecule has 1 aromatic heterocycles. The molecule has 2 aromatic rings. The molecule has 0 saturated heterocycles. The second-order valence-corrected chi connectivity index (χ2v) is 2.73. The van der Waals surface area contributed by atoms with Crippen molar-refractivity contribution in [1.29, 1.82) is 0 Å². The van der Waals surface area contributed by atoms with Crippen LogP contribution in [0.15, 0.2) is 35.4 Å². The third-order valence-electron chi connectivity index (χ3n) is 1.90. The lowest BCUT2D eigenvalue weighted by molar-refractivity contribution is 0.414. The van der Waals surface area contributed by atoms with Crippen molar-refractivity contribution >= 4 is 0 Å². The van der Waals surface area contributed by atoms with Crippen molar-refractivity contribution < 1.29 is 4.74 Å². The maximum Gasteiger partial charge on any atom is 0.347 e. The number of aromatic amines is 1. The van der Waals surface area contributed by atoms with Gasteiger partial charge in [0.15, 0.2) is 0 Å². The van der Waals surface area contributed by atoms with Crippen LogP contribution in [0.3, 0.4) is 0 Å². The normalized spacial score (nSPS) is 10.1. The number of rotatable bonds is 2. The molecule has 1 aromatic carbocycles. The first-order valence-electron chi connectivity index (χ1n) is 4.08. The van der Waals surface area contributed by atoms with Crippen LogP contribution in [0.5, 0.6) is 5.75 Å². The summed E-state index contributed by atoms with van der Waals surface area (Å²) < 4.78 is 6.42. The van der Waals surface area contributed by atoms with Gasteiger partial charge < -0.3 is 4.74 Å². The van der Waals surface area contributed by atoms with Gasteiger partial charge in [0.05, 0.1) is 12.8 Å². The van der Waals surface area contributed by atoms with Gasteiger partial charge in [-0.25, -0.2) is 14.5 Å². The average molecular weight is 191 g/mol. The number of benzene rings is 1. The number of aromatic nitrogens is 3. The van der Waals surface area contributed by atoms with E-state index in [9.17, 15) is 4.79 Å². The van der Waals surface area contributed by atoms with Gasteiger partial charge in [-0.2, -0.15) is 5.10 Å². The van der Waals surface area contributed by atoms with E-state index >= 15 is 0 Å². The van der Waals surface area contributed by atoms with Crippen molar-refractivity contribution in [2.75, 3.05) is 7.11 Å². The molecule has 1 N–H and O–H groups in total. The van der Waals surface area contributed by atoms with Crippen LogP contribution in [0, 0.1) is 0 Å². The zero-order valence-corrected chi connectivity index (χ0v) is 7.60. The minimum atomic E-state index is -0.254. The second-order valence-electron chi connectivity index (χ2n) is 2.73. The van der Waals surface area contributed by atoms with Gasteiger partial charge in [0.1, 0.15) is 12.1 Å². The molecule has 0 aliphatic rings. The average Bonchev–Trinajstić information content (AvgIpc) is 2.65. The zero-order valence-electron chi connectivity index (χ0n) is 7.60. The first-order chi connectivity index (χ1) is 6.81. The first-order valence-corrected chi connectivity index (χ1v) is 4.08. The van der Waals surface area contributed by atoms with Gasteiger partial charge >= 0.3 is 5.69 Å². The van der Waals surface area contributed by atoms with Gasteiger partial charge in [0.2, 0.25) is 0 Å². The van der Waals surface area contributed by atoms with Crippen molar-refractivity contribution in [3.05, 3.63) is 41.1 Å². The van der Waals surface area contributed by atoms with Gasteiger partial charge in [-0.05, 0) is 24.3 Å². The molecule has 0 bridgehead atoms. The summed E-state index contributed by atoms with van der Waals surface area (Å²) in [7, 11) is 1.60. The Balaban J connectivity index is 2.44. The standard InChI is InChI=1S/C9H9N3O2/c1-14-8-4-2-7(3-5-8)12-6-10-11-9(12)13/h2-6H,1H3,(H,11,13). The summed E-state index contributed by atoms with van der Waals surface area (Å²) in [6.45, 7) is 0. The first kappa shape index (κ1) is 8.55. The Kier molecular flexibility index (Phi) is 2.06. The van der Waals surface area contributed by atoms with Crippen LogP contribution in [0.2, 0.25) is 0 Å². The van der Waals surface area contributed by atoms with Crippen molar-refractivity contribution in [3.8, 4) is 11.4 Å². The topological polar surface area (TPSA) is 59.9 Å². The van der Waals surface area contributed by atoms with E-state index in [0.717, 1.165) is 11.4 Å². The molecule has 0 atom stereocenters. The molecule has 0 unspecified atom stereocenters. The lowest BCUT2D eigenvalue weighted by atomic mass is 10.3. The van der Waals surface area contributed by atoms with E-state index in [1.165, 1.54) is 10.9 Å². The third-order valence-corrected chi connectivity index (χ3v) is 1.90. The summed E-state index contributed by atoms with van der Waals surface area (Å²) in [4.78, 5) is 11.2. The van der Waals surface area contributed by atoms with Crippen molar-refractivity contribution in [2.24, 2.45) is 0 Å². The highest BCUT2D eigenvalue weighted by Crippen LogP contribution is 2.12. The molecule has 5 nitrogen and oxygen atoms in total. The summed E-state index contributed by atoms with van der Waals surface area (Å²) >= 11 is 0. The predicted molar refractivity (Wildman–Crippen MR) is 50.7 cm³/mol. The monoisotopic (exact) mass is 191 g/mol. The van der Waals surface area contributed by atoms with E-state index in [1.54, 1.807) is 31.4 Å². The zero-order chi connectivity index (χ0) is 9.97. The third kappa shape index (κ3) is 1.39. The molecule has 0 fully saturated rings. The highest BCUT2D eigenvalue weighted by molar-refractivity contribution is 5.36. The predicted octanol–water partition coefficient (Wildman–Crippen LogP) is 0.569. The Bertz CT molecular complexity index is 469. The minimum absolute atomic E-state index is 0.254. The molecule has 0 amide bonds. The van der Waals surface area contributed by atoms with Crippen LogP contribution in [0.1, 0.15) is 0 Å². The van der Waals surface area contributed by atoms with Gasteiger partial charge in [0, 0.05) is 0 Å². The largest absolute Gasteiger partial charge is 0.497 e. The Morgan fingerprint density at radius 1 is 1.36 bits per heavy atom. The maximum absolute atomic E-state index is 11.2. The minimum Gasteiger partial charge on any atom is -0.497 e. The number of nitrogens with one attached hydrogen (secondary N) is 1. The quantitative estimate of drug-likeness (QED) is 0.754. The van der Waals surface area contributed by atoms with Crippen LogP contribution in [0.4, 0.5) is 0 Å². The van der Waals surface area contributed by atoms with E-state index in [0.29, 0.717) is 0 Å². The molecular weight excluding hydrogens is 182 g/mol. The molecule has 0 spiro atoms. The van der Waals surface area contributed by atoms with E-state index in [-0.39, 0.29) is 5.69 Å². The summed E-state index contributed by atoms with van der Waals surface area (Å²) in [5.74, 6) is 0.755. The fraction of sp³-hybridized carbons (Fsp3) is 0.111. The summed E-state index contributed by atoms with van der Waals surface area (Å²) in [6, 6.07) is 7.15. The van der Waals surface area contributed by atoms with Crippen LogP contribution >= 0.6 is 0 Å². The lowest BCUT2D eigenvalue weighted by Gasteiger charge is -2.01. The number of nitrogens with zero attached hydrogens (tertiary/aromatic N) is 2. The van der Waals surface area contributed by atoms with E-state index < -0.39 is 0 Å². The van der Waals surface area contributed by atoms with Gasteiger partial charge in [-0.3, -0.25) is 0 Å². The van der Waals surface area contributed by atoms with Crippen molar-refractivity contribution in [1.82, 2.24) is 14.8 Å². The fourth-order valence-electron chi connectivity index (χ4n) is 1.17. The number of hydrogen-bond donors (Lipinski definition) is 1. The molecule has 0 saturated carbocycles. The number of methoxy groups -OCH3 is 1. The number of H-pyrrole nitrogens is 1. The Morgan fingerprint density at radius 3 is 2.57 bits per heavy atom. The lowest BCUT2D eigenvalue weighted by Crippen LogP contribution is -2.13. The molecule has 0 radical (unpaired) electrons.